The number of nitrogens with two attached hydrogens (primary N) is 1. The van der Waals surface area contributed by atoms with Crippen LogP contribution in [-0.4, -0.2) is 89.5 Å². The Hall–Kier alpha value is -2.49. The number of nitrogens with one attached hydrogen (secondary N) is 2. The van der Waals surface area contributed by atoms with Gasteiger partial charge in [-0.2, -0.15) is 0 Å². The van der Waals surface area contributed by atoms with Gasteiger partial charge in [-0.15, -0.1) is 9.24 Å². The van der Waals surface area contributed by atoms with Crippen molar-refractivity contribution in [1.29, 1.82) is 0 Å². The first-order valence-electron chi connectivity index (χ1n) is 14.8. The van der Waals surface area contributed by atoms with Gasteiger partial charge in [0.2, 0.25) is 11.8 Å². The topological polar surface area (TPSA) is 107 Å². The average molecular weight is 632 g/mol. The Morgan fingerprint density at radius 3 is 2.33 bits per heavy atom. The highest BCUT2D eigenvalue weighted by molar-refractivity contribution is 8.03. The number of thioether (sulfide) groups is 1. The van der Waals surface area contributed by atoms with Gasteiger partial charge in [-0.05, 0) is 81.5 Å². The summed E-state index contributed by atoms with van der Waals surface area (Å²) in [4.78, 5) is 37.8. The summed E-state index contributed by atoms with van der Waals surface area (Å²) >= 11 is 3.26. The molecular weight excluding hydrogens is 585 g/mol. The SMILES string of the molecule is C/C=C(\N)N1CCN(C(=O)CNc2nc3c(C)c(C)c(SC(NCC(=O)N4CCC(P)CC4)=C(C)CC)cc3s2)CC1. The van der Waals surface area contributed by atoms with E-state index in [-0.39, 0.29) is 18.4 Å². The fourth-order valence-electron chi connectivity index (χ4n) is 5.09. The molecule has 42 heavy (non-hydrogen) atoms. The van der Waals surface area contributed by atoms with E-state index in [2.05, 4.69) is 58.5 Å². The molecule has 2 amide bonds. The van der Waals surface area contributed by atoms with Gasteiger partial charge in [0, 0.05) is 44.2 Å². The Bertz CT molecular complexity index is 1340. The van der Waals surface area contributed by atoms with Crippen molar-refractivity contribution in [3.05, 3.63) is 39.7 Å². The van der Waals surface area contributed by atoms with Crippen molar-refractivity contribution in [2.24, 2.45) is 5.73 Å². The van der Waals surface area contributed by atoms with Crippen molar-refractivity contribution in [3.63, 3.8) is 0 Å². The predicted molar refractivity (Wildman–Crippen MR) is 180 cm³/mol. The van der Waals surface area contributed by atoms with Crippen LogP contribution in [0.25, 0.3) is 10.2 Å². The largest absolute Gasteiger partial charge is 0.386 e. The molecule has 230 valence electrons. The zero-order valence-corrected chi connectivity index (χ0v) is 28.4. The van der Waals surface area contributed by atoms with E-state index in [1.54, 1.807) is 23.1 Å². The number of piperidine rings is 1. The van der Waals surface area contributed by atoms with Crippen LogP contribution in [0.5, 0.6) is 0 Å². The summed E-state index contributed by atoms with van der Waals surface area (Å²) in [5.41, 5.74) is 11.1. The van der Waals surface area contributed by atoms with E-state index < -0.39 is 0 Å². The molecule has 9 nitrogen and oxygen atoms in total. The summed E-state index contributed by atoms with van der Waals surface area (Å²) in [5.74, 6) is 0.996. The van der Waals surface area contributed by atoms with Gasteiger partial charge in [-0.25, -0.2) is 4.98 Å². The third kappa shape index (κ3) is 7.91. The molecule has 3 heterocycles. The minimum atomic E-state index is 0.0699. The average Bonchev–Trinajstić information content (AvgIpc) is 3.42. The quantitative estimate of drug-likeness (QED) is 0.261. The summed E-state index contributed by atoms with van der Waals surface area (Å²) in [6.07, 6.45) is 4.89. The molecule has 2 aromatic rings. The third-order valence-corrected chi connectivity index (χ3v) is 11.3. The van der Waals surface area contributed by atoms with Gasteiger partial charge >= 0.3 is 0 Å². The Kier molecular flexibility index (Phi) is 11.4. The Morgan fingerprint density at radius 2 is 1.69 bits per heavy atom. The number of hydrogen-bond acceptors (Lipinski definition) is 9. The zero-order chi connectivity index (χ0) is 30.4. The number of anilines is 1. The number of allylic oxidation sites excluding steroid dienone is 2. The maximum Gasteiger partial charge on any atom is 0.242 e. The molecule has 4 rings (SSSR count). The number of nitrogens with zero attached hydrogens (tertiary/aromatic N) is 4. The number of benzene rings is 1. The van der Waals surface area contributed by atoms with Crippen LogP contribution in [0, 0.1) is 13.8 Å². The molecule has 4 N–H and O–H groups in total. The lowest BCUT2D eigenvalue weighted by atomic mass is 10.1. The molecule has 1 aromatic carbocycles. The fraction of sp³-hybridized carbons (Fsp3) is 0.567. The van der Waals surface area contributed by atoms with Crippen LogP contribution in [-0.2, 0) is 9.59 Å². The Balaban J connectivity index is 1.40. The normalized spacial score (nSPS) is 17.5. The van der Waals surface area contributed by atoms with Gasteiger partial charge in [-0.3, -0.25) is 9.59 Å². The summed E-state index contributed by atoms with van der Waals surface area (Å²) in [7, 11) is 2.89. The second-order valence-corrected chi connectivity index (χ2v) is 14.1. The molecule has 0 bridgehead atoms. The van der Waals surface area contributed by atoms with Gasteiger partial charge in [-0.1, -0.05) is 30.0 Å². The molecule has 0 saturated carbocycles. The smallest absolute Gasteiger partial charge is 0.242 e. The van der Waals surface area contributed by atoms with Crippen molar-refractivity contribution >= 4 is 59.5 Å². The van der Waals surface area contributed by atoms with Crippen LogP contribution >= 0.6 is 32.3 Å². The third-order valence-electron chi connectivity index (χ3n) is 8.31. The Labute approximate surface area is 260 Å². The number of piperazine rings is 1. The van der Waals surface area contributed by atoms with Gasteiger partial charge in [0.15, 0.2) is 5.13 Å². The number of hydrogen-bond donors (Lipinski definition) is 3. The molecular formula is C30H46N7O2PS2. The van der Waals surface area contributed by atoms with Gasteiger partial charge in [0.25, 0.3) is 0 Å². The van der Waals surface area contributed by atoms with E-state index >= 15 is 0 Å². The summed E-state index contributed by atoms with van der Waals surface area (Å²) < 4.78 is 1.08. The van der Waals surface area contributed by atoms with Gasteiger partial charge in [0.1, 0.15) is 0 Å². The second kappa shape index (κ2) is 14.8. The molecule has 2 aliphatic rings. The van der Waals surface area contributed by atoms with E-state index in [4.69, 9.17) is 10.7 Å². The minimum Gasteiger partial charge on any atom is -0.386 e. The highest BCUT2D eigenvalue weighted by Gasteiger charge is 2.23. The minimum absolute atomic E-state index is 0.0699. The molecule has 2 fully saturated rings. The maximum atomic E-state index is 12.9. The molecule has 1 atom stereocenters. The number of carbonyl (C=O) groups is 2. The molecule has 12 heteroatoms. The van der Waals surface area contributed by atoms with E-state index in [0.29, 0.717) is 25.3 Å². The standard InChI is InChI=1S/C30H46N7O2PS2/c1-6-19(3)29(32-17-26(38)36-10-8-22(40)9-11-36)41-23-16-24-28(21(5)20(23)4)34-30(42-24)33-18-27(39)37-14-12-35(13-15-37)25(31)7-2/h7,16,22,32H,6,8-15,17-18,31,40H2,1-5H3,(H,33,34)/b25-7+,29-19?. The number of aromatic nitrogens is 1. The summed E-state index contributed by atoms with van der Waals surface area (Å²) in [6, 6.07) is 2.19. The summed E-state index contributed by atoms with van der Waals surface area (Å²) in [6.45, 7) is 15.4. The van der Waals surface area contributed by atoms with Crippen molar-refractivity contribution in [1.82, 2.24) is 25.0 Å². The lowest BCUT2D eigenvalue weighted by molar-refractivity contribution is -0.131. The second-order valence-electron chi connectivity index (χ2n) is 11.1. The first-order chi connectivity index (χ1) is 20.1. The predicted octanol–water partition coefficient (Wildman–Crippen LogP) is 4.48. The zero-order valence-electron chi connectivity index (χ0n) is 25.6. The number of fused-ring (bicyclic) bond motifs is 1. The fourth-order valence-corrected chi connectivity index (χ4v) is 7.59. The lowest BCUT2D eigenvalue weighted by Gasteiger charge is -2.36. The highest BCUT2D eigenvalue weighted by atomic mass is 32.2. The first-order valence-corrected chi connectivity index (χ1v) is 17.1. The van der Waals surface area contributed by atoms with E-state index in [9.17, 15) is 9.59 Å². The molecule has 0 aliphatic carbocycles. The van der Waals surface area contributed by atoms with Crippen molar-refractivity contribution in [2.75, 3.05) is 57.7 Å². The molecule has 0 spiro atoms. The maximum absolute atomic E-state index is 12.9. The van der Waals surface area contributed by atoms with E-state index in [1.807, 2.05) is 22.8 Å². The van der Waals surface area contributed by atoms with Crippen LogP contribution in [0.4, 0.5) is 5.13 Å². The number of thiazole rings is 1. The number of aryl methyl sites for hydroxylation is 1. The van der Waals surface area contributed by atoms with Crippen LogP contribution in [0.3, 0.4) is 0 Å². The van der Waals surface area contributed by atoms with E-state index in [1.165, 1.54) is 11.1 Å². The van der Waals surface area contributed by atoms with Crippen molar-refractivity contribution in [3.8, 4) is 0 Å². The van der Waals surface area contributed by atoms with Crippen LogP contribution < -0.4 is 16.4 Å². The highest BCUT2D eigenvalue weighted by Crippen LogP contribution is 2.38. The number of carbonyl (C=O) groups excluding carboxylic acids is 2. The van der Waals surface area contributed by atoms with Crippen molar-refractivity contribution in [2.45, 2.75) is 64.4 Å². The van der Waals surface area contributed by atoms with Gasteiger partial charge < -0.3 is 31.1 Å². The monoisotopic (exact) mass is 631 g/mol. The van der Waals surface area contributed by atoms with Crippen LogP contribution in [0.15, 0.2) is 33.5 Å². The van der Waals surface area contributed by atoms with Crippen LogP contribution in [0.1, 0.15) is 51.2 Å². The number of amides is 2. The van der Waals surface area contributed by atoms with Gasteiger partial charge in [0.05, 0.1) is 34.2 Å². The lowest BCUT2D eigenvalue weighted by Crippen LogP contribution is -2.50. The van der Waals surface area contributed by atoms with E-state index in [0.717, 1.165) is 82.1 Å². The Morgan fingerprint density at radius 1 is 1.07 bits per heavy atom. The molecule has 1 aromatic heterocycles. The number of rotatable bonds is 10. The first kappa shape index (κ1) is 32.4. The molecule has 0 radical (unpaired) electrons. The van der Waals surface area contributed by atoms with Crippen molar-refractivity contribution < 1.29 is 9.59 Å². The number of likely N-dealkylation sites (tertiary alicyclic amines) is 1. The summed E-state index contributed by atoms with van der Waals surface area (Å²) in [5, 5.41) is 8.53. The van der Waals surface area contributed by atoms with Crippen LogP contribution in [0.2, 0.25) is 0 Å². The molecule has 2 saturated heterocycles. The molecule has 2 aliphatic heterocycles. The molecule has 1 unspecified atom stereocenters.